The normalized spacial score (nSPS) is 15.8. The summed E-state index contributed by atoms with van der Waals surface area (Å²) in [6, 6.07) is 14.4. The fourth-order valence-corrected chi connectivity index (χ4v) is 2.95. The van der Waals surface area contributed by atoms with Crippen LogP contribution < -0.4 is 10.2 Å². The third-order valence-electron chi connectivity index (χ3n) is 4.30. The summed E-state index contributed by atoms with van der Waals surface area (Å²) in [4.78, 5) is 4.92. The lowest BCUT2D eigenvalue weighted by molar-refractivity contribution is 0.267. The van der Waals surface area contributed by atoms with Crippen LogP contribution in [0.3, 0.4) is 0 Å². The summed E-state index contributed by atoms with van der Waals surface area (Å²) in [5, 5.41) is 18.9. The average Bonchev–Trinajstić information content (AvgIpc) is 3.11. The van der Waals surface area contributed by atoms with Gasteiger partial charge in [0.1, 0.15) is 5.82 Å². The molecular formula is C16H20N8. The Morgan fingerprint density at radius 1 is 0.958 bits per heavy atom. The molecule has 1 aliphatic heterocycles. The van der Waals surface area contributed by atoms with Crippen molar-refractivity contribution in [1.29, 1.82) is 0 Å². The Hall–Kier alpha value is -2.74. The molecule has 0 amide bonds. The Kier molecular flexibility index (Phi) is 4.20. The van der Waals surface area contributed by atoms with Crippen LogP contribution in [-0.4, -0.2) is 69.4 Å². The topological polar surface area (TPSA) is 74.5 Å². The summed E-state index contributed by atoms with van der Waals surface area (Å²) in [7, 11) is 0. The zero-order valence-corrected chi connectivity index (χ0v) is 13.4. The van der Waals surface area contributed by atoms with Crippen molar-refractivity contribution in [2.24, 2.45) is 0 Å². The first-order chi connectivity index (χ1) is 11.9. The van der Waals surface area contributed by atoms with E-state index in [4.69, 9.17) is 0 Å². The number of nitrogens with one attached hydrogen (secondary N) is 1. The first-order valence-electron chi connectivity index (χ1n) is 8.20. The minimum absolute atomic E-state index is 0.651. The standard InChI is InChI=1S/C16H20N8/c1-2-4-14(5-3-1)23-12-10-22(11-13-23)9-8-17-15-6-7-16-18-20-21-24(16)19-15/h1-7H,8-13H2,(H,17,19). The van der Waals surface area contributed by atoms with E-state index in [-0.39, 0.29) is 0 Å². The molecule has 1 aromatic carbocycles. The predicted molar refractivity (Wildman–Crippen MR) is 92.2 cm³/mol. The smallest absolute Gasteiger partial charge is 0.200 e. The highest BCUT2D eigenvalue weighted by atomic mass is 15.6. The van der Waals surface area contributed by atoms with Gasteiger partial charge >= 0.3 is 0 Å². The zero-order valence-electron chi connectivity index (χ0n) is 13.4. The summed E-state index contributed by atoms with van der Waals surface area (Å²) in [6.45, 7) is 6.15. The SMILES string of the molecule is c1ccc(N2CCN(CCNc3ccc4nnnn4n3)CC2)cc1. The van der Waals surface area contributed by atoms with E-state index in [1.54, 1.807) is 0 Å². The third-order valence-corrected chi connectivity index (χ3v) is 4.30. The van der Waals surface area contributed by atoms with Crippen molar-refractivity contribution in [3.63, 3.8) is 0 Å². The van der Waals surface area contributed by atoms with E-state index >= 15 is 0 Å². The van der Waals surface area contributed by atoms with E-state index in [0.29, 0.717) is 5.65 Å². The molecule has 1 fully saturated rings. The summed E-state index contributed by atoms with van der Waals surface area (Å²) in [5.41, 5.74) is 1.96. The second-order valence-corrected chi connectivity index (χ2v) is 5.84. The van der Waals surface area contributed by atoms with Crippen molar-refractivity contribution in [1.82, 2.24) is 30.2 Å². The second-order valence-electron chi connectivity index (χ2n) is 5.84. The molecule has 1 N–H and O–H groups in total. The summed E-state index contributed by atoms with van der Waals surface area (Å²) in [5.74, 6) is 0.790. The molecule has 0 bridgehead atoms. The molecule has 2 aromatic heterocycles. The molecule has 1 aliphatic rings. The Morgan fingerprint density at radius 3 is 2.62 bits per heavy atom. The lowest BCUT2D eigenvalue weighted by atomic mass is 10.2. The maximum absolute atomic E-state index is 4.31. The predicted octanol–water partition coefficient (Wildman–Crippen LogP) is 0.753. The van der Waals surface area contributed by atoms with Gasteiger partial charge in [-0.15, -0.1) is 14.8 Å². The summed E-state index contributed by atoms with van der Waals surface area (Å²) in [6.07, 6.45) is 0. The number of anilines is 2. The van der Waals surface area contributed by atoms with Gasteiger partial charge in [-0.25, -0.2) is 0 Å². The number of rotatable bonds is 5. The molecule has 0 aliphatic carbocycles. The highest BCUT2D eigenvalue weighted by Gasteiger charge is 2.16. The maximum Gasteiger partial charge on any atom is 0.200 e. The molecule has 24 heavy (non-hydrogen) atoms. The van der Waals surface area contributed by atoms with Gasteiger partial charge in [0.15, 0.2) is 5.65 Å². The second kappa shape index (κ2) is 6.79. The number of fused-ring (bicyclic) bond motifs is 1. The van der Waals surface area contributed by atoms with Crippen LogP contribution in [0.1, 0.15) is 0 Å². The average molecular weight is 324 g/mol. The van der Waals surface area contributed by atoms with Crippen LogP contribution in [0.2, 0.25) is 0 Å². The molecule has 3 heterocycles. The van der Waals surface area contributed by atoms with Gasteiger partial charge in [0.2, 0.25) is 0 Å². The van der Waals surface area contributed by atoms with E-state index in [9.17, 15) is 0 Å². The zero-order chi connectivity index (χ0) is 16.2. The number of benzene rings is 1. The van der Waals surface area contributed by atoms with Gasteiger partial charge in [0.25, 0.3) is 0 Å². The van der Waals surface area contributed by atoms with Gasteiger partial charge in [-0.1, -0.05) is 18.2 Å². The van der Waals surface area contributed by atoms with Crippen LogP contribution in [0.5, 0.6) is 0 Å². The van der Waals surface area contributed by atoms with E-state index in [0.717, 1.165) is 45.1 Å². The first-order valence-corrected chi connectivity index (χ1v) is 8.20. The molecule has 3 aromatic rings. The maximum atomic E-state index is 4.31. The lowest BCUT2D eigenvalue weighted by Gasteiger charge is -2.36. The van der Waals surface area contributed by atoms with Gasteiger partial charge in [-0.05, 0) is 34.7 Å². The molecule has 0 radical (unpaired) electrons. The molecule has 124 valence electrons. The molecule has 1 saturated heterocycles. The number of aromatic nitrogens is 5. The molecule has 8 heteroatoms. The van der Waals surface area contributed by atoms with Crippen LogP contribution in [0, 0.1) is 0 Å². The van der Waals surface area contributed by atoms with Crippen LogP contribution in [0.25, 0.3) is 5.65 Å². The molecule has 0 saturated carbocycles. The van der Waals surface area contributed by atoms with Crippen LogP contribution >= 0.6 is 0 Å². The monoisotopic (exact) mass is 324 g/mol. The van der Waals surface area contributed by atoms with Crippen LogP contribution in [0.15, 0.2) is 42.5 Å². The molecule has 8 nitrogen and oxygen atoms in total. The fraction of sp³-hybridized carbons (Fsp3) is 0.375. The molecule has 0 unspecified atom stereocenters. The number of hydrogen-bond donors (Lipinski definition) is 1. The van der Waals surface area contributed by atoms with E-state index < -0.39 is 0 Å². The van der Waals surface area contributed by atoms with Crippen molar-refractivity contribution >= 4 is 17.2 Å². The van der Waals surface area contributed by atoms with E-state index in [1.807, 2.05) is 12.1 Å². The Balaban J connectivity index is 1.24. The van der Waals surface area contributed by atoms with Gasteiger partial charge in [-0.2, -0.15) is 0 Å². The highest BCUT2D eigenvalue weighted by Crippen LogP contribution is 2.15. The van der Waals surface area contributed by atoms with Gasteiger partial charge in [0, 0.05) is 45.0 Å². The molecule has 0 spiro atoms. The largest absolute Gasteiger partial charge is 0.369 e. The molecule has 4 rings (SSSR count). The van der Waals surface area contributed by atoms with Crippen LogP contribution in [-0.2, 0) is 0 Å². The minimum Gasteiger partial charge on any atom is -0.369 e. The van der Waals surface area contributed by atoms with Gasteiger partial charge < -0.3 is 10.2 Å². The third kappa shape index (κ3) is 3.28. The fourth-order valence-electron chi connectivity index (χ4n) is 2.95. The minimum atomic E-state index is 0.651. The number of piperazine rings is 1. The van der Waals surface area contributed by atoms with Crippen molar-refractivity contribution in [2.45, 2.75) is 0 Å². The Labute approximate surface area is 140 Å². The Bertz CT molecular complexity index is 779. The van der Waals surface area contributed by atoms with Crippen molar-refractivity contribution in [3.8, 4) is 0 Å². The number of para-hydroxylation sites is 1. The summed E-state index contributed by atoms with van der Waals surface area (Å²) >= 11 is 0. The lowest BCUT2D eigenvalue weighted by Crippen LogP contribution is -2.47. The van der Waals surface area contributed by atoms with Crippen molar-refractivity contribution in [2.75, 3.05) is 49.5 Å². The van der Waals surface area contributed by atoms with Crippen molar-refractivity contribution in [3.05, 3.63) is 42.5 Å². The highest BCUT2D eigenvalue weighted by molar-refractivity contribution is 5.46. The quantitative estimate of drug-likeness (QED) is 0.742. The number of hydrogen-bond acceptors (Lipinski definition) is 7. The first kappa shape index (κ1) is 14.8. The Morgan fingerprint density at radius 2 is 1.79 bits per heavy atom. The summed E-state index contributed by atoms with van der Waals surface area (Å²) < 4.78 is 1.43. The molecule has 0 atom stereocenters. The van der Waals surface area contributed by atoms with Gasteiger partial charge in [0.05, 0.1) is 0 Å². The number of nitrogens with zero attached hydrogens (tertiary/aromatic N) is 7. The van der Waals surface area contributed by atoms with Crippen LogP contribution in [0.4, 0.5) is 11.5 Å². The molecular weight excluding hydrogens is 304 g/mol. The van der Waals surface area contributed by atoms with Gasteiger partial charge in [-0.3, -0.25) is 4.90 Å². The number of tetrazole rings is 1. The van der Waals surface area contributed by atoms with Crippen molar-refractivity contribution < 1.29 is 0 Å². The van der Waals surface area contributed by atoms with E-state index in [2.05, 4.69) is 66.1 Å². The van der Waals surface area contributed by atoms with E-state index in [1.165, 1.54) is 10.3 Å².